The molecular formula is C65H125NO6. The molecule has 0 aromatic rings. The van der Waals surface area contributed by atoms with Crippen molar-refractivity contribution in [3.05, 3.63) is 24.3 Å². The lowest BCUT2D eigenvalue weighted by Gasteiger charge is -2.26. The van der Waals surface area contributed by atoms with E-state index in [1.807, 2.05) is 12.2 Å². The standard InChI is InChI=1S/C65H125NO6/c1-3-5-7-9-11-13-15-17-30-34-38-42-46-50-54-58-64(70)72-59-55-51-47-43-39-35-32-29-27-25-23-21-19-18-20-22-24-26-28-31-33-37-41-45-49-53-57-63(69)66-61(60-67)65(71)62(68)56-52-48-44-40-36-16-14-12-10-8-6-4-2/h46,50,54,58,61-62,65,67-68,71H,3-45,47-49,51-53,55-57,59-60H2,1-2H3,(H,66,69)/t61-,62?,65+/m1/s1. The van der Waals surface area contributed by atoms with E-state index in [0.29, 0.717) is 19.4 Å². The van der Waals surface area contributed by atoms with Crippen molar-refractivity contribution in [1.29, 1.82) is 0 Å². The number of rotatable bonds is 60. The number of ether oxygens (including phenoxy) is 1. The molecule has 0 rings (SSSR count). The predicted molar refractivity (Wildman–Crippen MR) is 312 cm³/mol. The zero-order chi connectivity index (χ0) is 52.3. The van der Waals surface area contributed by atoms with E-state index >= 15 is 0 Å². The molecule has 0 aromatic heterocycles. The highest BCUT2D eigenvalue weighted by atomic mass is 16.5. The van der Waals surface area contributed by atoms with Crippen LogP contribution in [0.5, 0.6) is 0 Å². The van der Waals surface area contributed by atoms with Crippen LogP contribution in [0.3, 0.4) is 0 Å². The van der Waals surface area contributed by atoms with Gasteiger partial charge in [-0.1, -0.05) is 327 Å². The maximum absolute atomic E-state index is 12.5. The minimum Gasteiger partial charge on any atom is -0.463 e. The number of amides is 1. The number of hydrogen-bond acceptors (Lipinski definition) is 6. The quantitative estimate of drug-likeness (QED) is 0.0209. The summed E-state index contributed by atoms with van der Waals surface area (Å²) in [4.78, 5) is 24.4. The number of carbonyl (C=O) groups is 2. The van der Waals surface area contributed by atoms with Gasteiger partial charge in [-0.2, -0.15) is 0 Å². The van der Waals surface area contributed by atoms with Gasteiger partial charge >= 0.3 is 5.97 Å². The molecule has 426 valence electrons. The zero-order valence-electron chi connectivity index (χ0n) is 48.3. The van der Waals surface area contributed by atoms with Gasteiger partial charge in [0.25, 0.3) is 0 Å². The van der Waals surface area contributed by atoms with Gasteiger partial charge in [0.1, 0.15) is 6.10 Å². The van der Waals surface area contributed by atoms with Crippen molar-refractivity contribution in [3.63, 3.8) is 0 Å². The summed E-state index contributed by atoms with van der Waals surface area (Å²) in [5, 5.41) is 33.7. The Morgan fingerprint density at radius 1 is 0.417 bits per heavy atom. The van der Waals surface area contributed by atoms with Gasteiger partial charge in [-0.05, 0) is 32.1 Å². The Balaban J connectivity index is 3.41. The molecule has 0 radical (unpaired) electrons. The summed E-state index contributed by atoms with van der Waals surface area (Å²) in [5.41, 5.74) is 0. The number of esters is 1. The molecule has 0 fully saturated rings. The summed E-state index contributed by atoms with van der Waals surface area (Å²) >= 11 is 0. The lowest BCUT2D eigenvalue weighted by atomic mass is 9.99. The first-order valence-corrected chi connectivity index (χ1v) is 32.2. The fraction of sp³-hybridized carbons (Fsp3) is 0.908. The minimum atomic E-state index is -1.14. The van der Waals surface area contributed by atoms with E-state index in [4.69, 9.17) is 4.74 Å². The number of allylic oxidation sites excluding steroid dienone is 3. The Morgan fingerprint density at radius 3 is 1.10 bits per heavy atom. The van der Waals surface area contributed by atoms with Crippen LogP contribution in [0.25, 0.3) is 0 Å². The molecule has 1 unspecified atom stereocenters. The second kappa shape index (κ2) is 60.2. The Hall–Kier alpha value is -1.70. The Labute approximate surface area is 448 Å². The molecule has 72 heavy (non-hydrogen) atoms. The summed E-state index contributed by atoms with van der Waals surface area (Å²) in [5.74, 6) is -0.360. The third-order valence-electron chi connectivity index (χ3n) is 15.2. The van der Waals surface area contributed by atoms with Gasteiger partial charge in [0.15, 0.2) is 0 Å². The van der Waals surface area contributed by atoms with Crippen LogP contribution in [-0.2, 0) is 14.3 Å². The van der Waals surface area contributed by atoms with Crippen molar-refractivity contribution in [2.75, 3.05) is 13.2 Å². The van der Waals surface area contributed by atoms with Crippen LogP contribution in [0.2, 0.25) is 0 Å². The number of aliphatic hydroxyl groups is 3. The van der Waals surface area contributed by atoms with Crippen molar-refractivity contribution in [2.24, 2.45) is 0 Å². The monoisotopic (exact) mass is 1020 g/mol. The van der Waals surface area contributed by atoms with Gasteiger partial charge in [-0.15, -0.1) is 0 Å². The second-order valence-corrected chi connectivity index (χ2v) is 22.3. The van der Waals surface area contributed by atoms with Gasteiger partial charge in [0.2, 0.25) is 5.91 Å². The molecule has 0 aliphatic carbocycles. The highest BCUT2D eigenvalue weighted by Crippen LogP contribution is 2.19. The molecule has 0 aromatic carbocycles. The average Bonchev–Trinajstić information content (AvgIpc) is 3.38. The van der Waals surface area contributed by atoms with Crippen LogP contribution in [0.4, 0.5) is 0 Å². The molecule has 0 saturated heterocycles. The number of aliphatic hydroxyl groups excluding tert-OH is 3. The molecule has 0 heterocycles. The van der Waals surface area contributed by atoms with Crippen LogP contribution in [-0.4, -0.2) is 58.7 Å². The van der Waals surface area contributed by atoms with Crippen LogP contribution in [0.15, 0.2) is 24.3 Å². The van der Waals surface area contributed by atoms with E-state index in [-0.39, 0.29) is 18.5 Å². The number of hydrogen-bond donors (Lipinski definition) is 4. The summed E-state index contributed by atoms with van der Waals surface area (Å²) < 4.78 is 5.37. The van der Waals surface area contributed by atoms with Gasteiger partial charge in [-0.25, -0.2) is 4.79 Å². The molecule has 0 bridgehead atoms. The first kappa shape index (κ1) is 70.3. The molecule has 7 heteroatoms. The molecule has 0 aliphatic rings. The van der Waals surface area contributed by atoms with E-state index < -0.39 is 18.2 Å². The van der Waals surface area contributed by atoms with Gasteiger partial charge in [0, 0.05) is 12.5 Å². The fourth-order valence-electron chi connectivity index (χ4n) is 10.2. The second-order valence-electron chi connectivity index (χ2n) is 22.3. The largest absolute Gasteiger partial charge is 0.463 e. The third kappa shape index (κ3) is 54.6. The topological polar surface area (TPSA) is 116 Å². The van der Waals surface area contributed by atoms with Crippen LogP contribution < -0.4 is 5.32 Å². The van der Waals surface area contributed by atoms with Crippen molar-refractivity contribution in [2.45, 2.75) is 366 Å². The van der Waals surface area contributed by atoms with Gasteiger partial charge in [0.05, 0.1) is 25.4 Å². The van der Waals surface area contributed by atoms with E-state index in [1.165, 1.54) is 263 Å². The Kier molecular flexibility index (Phi) is 58.7. The SMILES string of the molecule is CCCCCCCCCCCCCC=CC=CC(=O)OCCCCCCCCCCCCCCCCCCCCCCCCCCCCC(=O)N[C@H](CO)[C@H](O)C(O)CCCCCCCCCCCCCC. The summed E-state index contributed by atoms with van der Waals surface area (Å²) in [7, 11) is 0. The molecule has 0 aliphatic heterocycles. The number of unbranched alkanes of at least 4 members (excludes halogenated alkanes) is 47. The average molecular weight is 1020 g/mol. The first-order chi connectivity index (χ1) is 35.5. The molecule has 0 saturated carbocycles. The number of nitrogens with one attached hydrogen (secondary N) is 1. The Morgan fingerprint density at radius 2 is 0.736 bits per heavy atom. The molecule has 7 nitrogen and oxygen atoms in total. The molecular weight excluding hydrogens is 891 g/mol. The summed E-state index contributed by atoms with van der Waals surface area (Å²) in [6, 6.07) is -0.812. The third-order valence-corrected chi connectivity index (χ3v) is 15.2. The van der Waals surface area contributed by atoms with E-state index in [2.05, 4.69) is 25.2 Å². The van der Waals surface area contributed by atoms with E-state index in [9.17, 15) is 24.9 Å². The first-order valence-electron chi connectivity index (χ1n) is 32.2. The van der Waals surface area contributed by atoms with Crippen molar-refractivity contribution < 1.29 is 29.6 Å². The summed E-state index contributed by atoms with van der Waals surface area (Å²) in [6.45, 7) is 4.71. The van der Waals surface area contributed by atoms with E-state index in [1.54, 1.807) is 6.08 Å². The highest BCUT2D eigenvalue weighted by Gasteiger charge is 2.26. The number of carbonyl (C=O) groups excluding carboxylic acids is 2. The van der Waals surface area contributed by atoms with Gasteiger partial charge < -0.3 is 25.4 Å². The molecule has 0 spiro atoms. The van der Waals surface area contributed by atoms with Crippen LogP contribution in [0, 0.1) is 0 Å². The Bertz CT molecular complexity index is 1140. The molecule has 3 atom stereocenters. The minimum absolute atomic E-state index is 0.146. The van der Waals surface area contributed by atoms with Crippen LogP contribution in [0.1, 0.15) is 348 Å². The lowest BCUT2D eigenvalue weighted by Crippen LogP contribution is -2.50. The van der Waals surface area contributed by atoms with Crippen molar-refractivity contribution >= 4 is 11.9 Å². The normalized spacial score (nSPS) is 13.1. The maximum Gasteiger partial charge on any atom is 0.330 e. The van der Waals surface area contributed by atoms with Crippen LogP contribution >= 0.6 is 0 Å². The zero-order valence-corrected chi connectivity index (χ0v) is 48.3. The van der Waals surface area contributed by atoms with E-state index in [0.717, 1.165) is 57.8 Å². The maximum atomic E-state index is 12.5. The molecule has 4 N–H and O–H groups in total. The fourth-order valence-corrected chi connectivity index (χ4v) is 10.2. The van der Waals surface area contributed by atoms with Crippen molar-refractivity contribution in [3.8, 4) is 0 Å². The predicted octanol–water partition coefficient (Wildman–Crippen LogP) is 19.2. The lowest BCUT2D eigenvalue weighted by molar-refractivity contribution is -0.137. The smallest absolute Gasteiger partial charge is 0.330 e. The van der Waals surface area contributed by atoms with Gasteiger partial charge in [-0.3, -0.25) is 4.79 Å². The van der Waals surface area contributed by atoms with Crippen molar-refractivity contribution in [1.82, 2.24) is 5.32 Å². The molecule has 1 amide bonds. The summed E-state index contributed by atoms with van der Waals surface area (Å²) in [6.07, 6.45) is 71.3. The highest BCUT2D eigenvalue weighted by molar-refractivity contribution is 5.82.